The third-order valence-electron chi connectivity index (χ3n) is 4.53. The summed E-state index contributed by atoms with van der Waals surface area (Å²) in [7, 11) is 0. The van der Waals surface area contributed by atoms with Gasteiger partial charge in [0.25, 0.3) is 5.91 Å². The molecule has 1 heterocycles. The Morgan fingerprint density at radius 1 is 1.21 bits per heavy atom. The first-order valence-corrected chi connectivity index (χ1v) is 8.60. The topological polar surface area (TPSA) is 84.7 Å². The van der Waals surface area contributed by atoms with Gasteiger partial charge in [0.15, 0.2) is 0 Å². The van der Waals surface area contributed by atoms with E-state index in [1.807, 2.05) is 13.8 Å². The van der Waals surface area contributed by atoms with Crippen LogP contribution >= 0.6 is 0 Å². The van der Waals surface area contributed by atoms with Crippen LogP contribution < -0.4 is 11.1 Å². The molecule has 1 fully saturated rings. The normalized spacial score (nSPS) is 16.5. The molecule has 0 radical (unpaired) electrons. The summed E-state index contributed by atoms with van der Waals surface area (Å²) in [6.45, 7) is 6.57. The summed E-state index contributed by atoms with van der Waals surface area (Å²) < 4.78 is 5.30. The van der Waals surface area contributed by atoms with Crippen LogP contribution in [0, 0.1) is 5.92 Å². The lowest BCUT2D eigenvalue weighted by Gasteiger charge is -2.26. The molecule has 1 aromatic carbocycles. The Bertz CT molecular complexity index is 549. The molecule has 1 aliphatic rings. The van der Waals surface area contributed by atoms with Crippen LogP contribution in [0.2, 0.25) is 0 Å². The maximum atomic E-state index is 12.3. The van der Waals surface area contributed by atoms with Gasteiger partial charge in [0, 0.05) is 37.6 Å². The Labute approximate surface area is 143 Å². The van der Waals surface area contributed by atoms with Crippen LogP contribution in [0.15, 0.2) is 24.3 Å². The van der Waals surface area contributed by atoms with E-state index in [9.17, 15) is 9.59 Å². The number of carbonyl (C=O) groups is 2. The maximum absolute atomic E-state index is 12.3. The van der Waals surface area contributed by atoms with Gasteiger partial charge < -0.3 is 20.7 Å². The number of carbonyl (C=O) groups excluding carboxylic acids is 2. The molecule has 0 spiro atoms. The molecule has 1 aromatic rings. The lowest BCUT2D eigenvalue weighted by atomic mass is 9.92. The Morgan fingerprint density at radius 3 is 2.33 bits per heavy atom. The Balaban J connectivity index is 1.95. The second kappa shape index (κ2) is 8.80. The molecule has 2 amide bonds. The standard InChI is InChI=1S/C18H27N3O3/c1-3-21(4-2)18(23)14-5-7-15(8-6-14)20-17(22)16(19)13-9-11-24-12-10-13/h5-8,13,16H,3-4,9-12,19H2,1-2H3,(H,20,22). The number of benzene rings is 1. The van der Waals surface area contributed by atoms with E-state index in [4.69, 9.17) is 10.5 Å². The predicted molar refractivity (Wildman–Crippen MR) is 93.8 cm³/mol. The molecule has 0 saturated carbocycles. The number of amides is 2. The first kappa shape index (κ1) is 18.4. The van der Waals surface area contributed by atoms with E-state index in [0.29, 0.717) is 37.6 Å². The number of nitrogens with two attached hydrogens (primary N) is 1. The van der Waals surface area contributed by atoms with Gasteiger partial charge in [-0.1, -0.05) is 0 Å². The second-order valence-electron chi connectivity index (χ2n) is 6.02. The summed E-state index contributed by atoms with van der Waals surface area (Å²) in [5.74, 6) is -0.0382. The summed E-state index contributed by atoms with van der Waals surface area (Å²) in [4.78, 5) is 26.3. The van der Waals surface area contributed by atoms with E-state index in [-0.39, 0.29) is 17.7 Å². The van der Waals surface area contributed by atoms with Crippen molar-refractivity contribution >= 4 is 17.5 Å². The molecular formula is C18H27N3O3. The zero-order valence-corrected chi connectivity index (χ0v) is 14.5. The van der Waals surface area contributed by atoms with E-state index in [0.717, 1.165) is 12.8 Å². The molecule has 2 rings (SSSR count). The first-order chi connectivity index (χ1) is 11.6. The summed E-state index contributed by atoms with van der Waals surface area (Å²) in [6, 6.07) is 6.41. The predicted octanol–water partition coefficient (Wildman–Crippen LogP) is 1.86. The SMILES string of the molecule is CCN(CC)C(=O)c1ccc(NC(=O)C(N)C2CCOCC2)cc1. The van der Waals surface area contributed by atoms with Crippen LogP contribution in [-0.2, 0) is 9.53 Å². The maximum Gasteiger partial charge on any atom is 0.253 e. The fraction of sp³-hybridized carbons (Fsp3) is 0.556. The number of nitrogens with one attached hydrogen (secondary N) is 1. The zero-order chi connectivity index (χ0) is 17.5. The molecule has 0 bridgehead atoms. The minimum atomic E-state index is -0.536. The van der Waals surface area contributed by atoms with Gasteiger partial charge in [0.05, 0.1) is 6.04 Å². The minimum absolute atomic E-state index is 0.00298. The molecule has 6 nitrogen and oxygen atoms in total. The Hall–Kier alpha value is -1.92. The number of hydrogen-bond acceptors (Lipinski definition) is 4. The van der Waals surface area contributed by atoms with Gasteiger partial charge in [-0.25, -0.2) is 0 Å². The molecule has 6 heteroatoms. The first-order valence-electron chi connectivity index (χ1n) is 8.60. The van der Waals surface area contributed by atoms with Crippen LogP contribution in [0.4, 0.5) is 5.69 Å². The molecule has 0 aliphatic carbocycles. The van der Waals surface area contributed by atoms with Crippen molar-refractivity contribution in [3.63, 3.8) is 0 Å². The van der Waals surface area contributed by atoms with Gasteiger partial charge in [-0.2, -0.15) is 0 Å². The molecule has 1 atom stereocenters. The third-order valence-corrected chi connectivity index (χ3v) is 4.53. The third kappa shape index (κ3) is 4.55. The molecule has 24 heavy (non-hydrogen) atoms. The highest BCUT2D eigenvalue weighted by Gasteiger charge is 2.26. The van der Waals surface area contributed by atoms with Crippen LogP contribution in [0.1, 0.15) is 37.0 Å². The van der Waals surface area contributed by atoms with Gasteiger partial charge in [0.1, 0.15) is 0 Å². The van der Waals surface area contributed by atoms with Gasteiger partial charge in [-0.05, 0) is 56.9 Å². The highest BCUT2D eigenvalue weighted by atomic mass is 16.5. The number of hydrogen-bond donors (Lipinski definition) is 2. The van der Waals surface area contributed by atoms with Crippen molar-refractivity contribution < 1.29 is 14.3 Å². The fourth-order valence-corrected chi connectivity index (χ4v) is 2.90. The van der Waals surface area contributed by atoms with E-state index < -0.39 is 6.04 Å². The number of ether oxygens (including phenoxy) is 1. The van der Waals surface area contributed by atoms with Crippen LogP contribution in [-0.4, -0.2) is 49.1 Å². The molecule has 3 N–H and O–H groups in total. The molecule has 1 unspecified atom stereocenters. The number of nitrogens with zero attached hydrogens (tertiary/aromatic N) is 1. The van der Waals surface area contributed by atoms with Gasteiger partial charge in [0.2, 0.25) is 5.91 Å². The molecular weight excluding hydrogens is 306 g/mol. The van der Waals surface area contributed by atoms with Gasteiger partial charge in [-0.3, -0.25) is 9.59 Å². The lowest BCUT2D eigenvalue weighted by molar-refractivity contribution is -0.119. The molecule has 1 saturated heterocycles. The van der Waals surface area contributed by atoms with Crippen LogP contribution in [0.25, 0.3) is 0 Å². The summed E-state index contributed by atoms with van der Waals surface area (Å²) in [6.07, 6.45) is 1.62. The summed E-state index contributed by atoms with van der Waals surface area (Å²) in [5, 5.41) is 2.83. The molecule has 1 aliphatic heterocycles. The van der Waals surface area contributed by atoms with Crippen molar-refractivity contribution in [2.75, 3.05) is 31.6 Å². The van der Waals surface area contributed by atoms with Crippen LogP contribution in [0.5, 0.6) is 0 Å². The van der Waals surface area contributed by atoms with Gasteiger partial charge >= 0.3 is 0 Å². The Kier molecular flexibility index (Phi) is 6.75. The van der Waals surface area contributed by atoms with Crippen LogP contribution in [0.3, 0.4) is 0 Å². The second-order valence-corrected chi connectivity index (χ2v) is 6.02. The smallest absolute Gasteiger partial charge is 0.253 e. The Morgan fingerprint density at radius 2 is 1.79 bits per heavy atom. The summed E-state index contributed by atoms with van der Waals surface area (Å²) >= 11 is 0. The number of rotatable bonds is 6. The van der Waals surface area contributed by atoms with Crippen molar-refractivity contribution in [2.24, 2.45) is 11.7 Å². The van der Waals surface area contributed by atoms with E-state index >= 15 is 0 Å². The monoisotopic (exact) mass is 333 g/mol. The zero-order valence-electron chi connectivity index (χ0n) is 14.5. The highest BCUT2D eigenvalue weighted by molar-refractivity contribution is 5.97. The van der Waals surface area contributed by atoms with Crippen molar-refractivity contribution in [3.8, 4) is 0 Å². The average molecular weight is 333 g/mol. The largest absolute Gasteiger partial charge is 0.381 e. The van der Waals surface area contributed by atoms with Crippen molar-refractivity contribution in [1.29, 1.82) is 0 Å². The van der Waals surface area contributed by atoms with E-state index in [2.05, 4.69) is 5.32 Å². The van der Waals surface area contributed by atoms with Crippen molar-refractivity contribution in [3.05, 3.63) is 29.8 Å². The quantitative estimate of drug-likeness (QED) is 0.832. The van der Waals surface area contributed by atoms with Gasteiger partial charge in [-0.15, -0.1) is 0 Å². The molecule has 0 aromatic heterocycles. The fourth-order valence-electron chi connectivity index (χ4n) is 2.90. The van der Waals surface area contributed by atoms with Crippen molar-refractivity contribution in [2.45, 2.75) is 32.7 Å². The summed E-state index contributed by atoms with van der Waals surface area (Å²) in [5.41, 5.74) is 7.33. The lowest BCUT2D eigenvalue weighted by Crippen LogP contribution is -2.44. The highest BCUT2D eigenvalue weighted by Crippen LogP contribution is 2.19. The number of anilines is 1. The van der Waals surface area contributed by atoms with Crippen molar-refractivity contribution in [1.82, 2.24) is 4.90 Å². The van der Waals surface area contributed by atoms with E-state index in [1.165, 1.54) is 0 Å². The average Bonchev–Trinajstić information content (AvgIpc) is 2.63. The van der Waals surface area contributed by atoms with E-state index in [1.54, 1.807) is 29.2 Å². The minimum Gasteiger partial charge on any atom is -0.381 e. The molecule has 132 valence electrons.